The number of carbonyl (C=O) groups is 1. The molecule has 1 aliphatic rings. The molecule has 1 aromatic heterocycles. The first-order chi connectivity index (χ1) is 9.00. The molecule has 2 rings (SSSR count). The van der Waals surface area contributed by atoms with Crippen LogP contribution in [0.4, 0.5) is 11.5 Å². The van der Waals surface area contributed by atoms with E-state index in [0.717, 1.165) is 0 Å². The van der Waals surface area contributed by atoms with Crippen LogP contribution in [0.5, 0.6) is 0 Å². The molecule has 2 heterocycles. The average Bonchev–Trinajstić information content (AvgIpc) is 2.38. The van der Waals surface area contributed by atoms with Gasteiger partial charge in [-0.3, -0.25) is 14.9 Å². The highest BCUT2D eigenvalue weighted by atomic mass is 79.9. The van der Waals surface area contributed by atoms with Gasteiger partial charge in [-0.2, -0.15) is 0 Å². The Morgan fingerprint density at radius 1 is 1.68 bits per heavy atom. The number of pyridine rings is 1. The van der Waals surface area contributed by atoms with Gasteiger partial charge >= 0.3 is 0 Å². The molecule has 0 aromatic carbocycles. The summed E-state index contributed by atoms with van der Waals surface area (Å²) in [7, 11) is 0. The predicted octanol–water partition coefficient (Wildman–Crippen LogP) is 0.0158. The number of halogens is 1. The van der Waals surface area contributed by atoms with Crippen LogP contribution in [-0.4, -0.2) is 41.5 Å². The lowest BCUT2D eigenvalue weighted by Crippen LogP contribution is -2.57. The van der Waals surface area contributed by atoms with Gasteiger partial charge in [-0.25, -0.2) is 4.98 Å². The normalized spacial score (nSPS) is 19.2. The summed E-state index contributed by atoms with van der Waals surface area (Å²) in [5, 5.41) is 13.7. The highest BCUT2D eigenvalue weighted by Crippen LogP contribution is 2.29. The zero-order chi connectivity index (χ0) is 14.0. The Bertz CT molecular complexity index is 524. The molecule has 102 valence electrons. The summed E-state index contributed by atoms with van der Waals surface area (Å²) in [4.78, 5) is 27.4. The van der Waals surface area contributed by atoms with Gasteiger partial charge in [0.15, 0.2) is 0 Å². The summed E-state index contributed by atoms with van der Waals surface area (Å²) in [5.74, 6) is 0.0233. The SMILES string of the molecule is NC(=O)C1CNCCN1c1ncc([N+](=O)[O-])cc1Br. The van der Waals surface area contributed by atoms with Crippen molar-refractivity contribution < 1.29 is 9.72 Å². The number of hydrogen-bond donors (Lipinski definition) is 2. The lowest BCUT2D eigenvalue weighted by Gasteiger charge is -2.35. The molecule has 1 atom stereocenters. The Kier molecular flexibility index (Phi) is 3.96. The molecule has 1 aromatic rings. The molecule has 3 N–H and O–H groups in total. The number of rotatable bonds is 3. The van der Waals surface area contributed by atoms with Crippen LogP contribution in [0.2, 0.25) is 0 Å². The van der Waals surface area contributed by atoms with Crippen molar-refractivity contribution >= 4 is 33.3 Å². The number of carbonyl (C=O) groups excluding carboxylic acids is 1. The van der Waals surface area contributed by atoms with Crippen LogP contribution >= 0.6 is 15.9 Å². The molecule has 8 nitrogen and oxygen atoms in total. The molecule has 9 heteroatoms. The van der Waals surface area contributed by atoms with Gasteiger partial charge in [0.2, 0.25) is 5.91 Å². The maximum atomic E-state index is 11.4. The second-order valence-electron chi connectivity index (χ2n) is 4.07. The van der Waals surface area contributed by atoms with E-state index in [0.29, 0.717) is 29.9 Å². The van der Waals surface area contributed by atoms with Gasteiger partial charge in [0.25, 0.3) is 5.69 Å². The van der Waals surface area contributed by atoms with Gasteiger partial charge in [-0.15, -0.1) is 0 Å². The molecule has 1 amide bonds. The number of primary amides is 1. The van der Waals surface area contributed by atoms with Crippen molar-refractivity contribution in [1.29, 1.82) is 0 Å². The van der Waals surface area contributed by atoms with Crippen LogP contribution in [-0.2, 0) is 4.79 Å². The number of hydrogen-bond acceptors (Lipinski definition) is 6. The van der Waals surface area contributed by atoms with Gasteiger partial charge in [0.1, 0.15) is 18.1 Å². The number of anilines is 1. The van der Waals surface area contributed by atoms with Crippen LogP contribution in [0.15, 0.2) is 16.7 Å². The molecule has 0 bridgehead atoms. The van der Waals surface area contributed by atoms with Crippen molar-refractivity contribution in [3.63, 3.8) is 0 Å². The second kappa shape index (κ2) is 5.49. The lowest BCUT2D eigenvalue weighted by atomic mass is 10.2. The van der Waals surface area contributed by atoms with Crippen LogP contribution < -0.4 is 16.0 Å². The minimum Gasteiger partial charge on any atom is -0.368 e. The Labute approximate surface area is 117 Å². The fourth-order valence-electron chi connectivity index (χ4n) is 1.94. The minimum atomic E-state index is -0.523. The summed E-state index contributed by atoms with van der Waals surface area (Å²) in [6.45, 7) is 1.67. The standard InChI is InChI=1S/C10H12BrN5O3/c11-7-3-6(16(18)19)4-14-10(7)15-2-1-13-5-8(15)9(12)17/h3-4,8,13H,1-2,5H2,(H2,12,17). The molecular formula is C10H12BrN5O3. The topological polar surface area (TPSA) is 114 Å². The number of piperazine rings is 1. The van der Waals surface area contributed by atoms with E-state index in [2.05, 4.69) is 26.2 Å². The van der Waals surface area contributed by atoms with E-state index in [9.17, 15) is 14.9 Å². The Balaban J connectivity index is 2.34. The third-order valence-corrected chi connectivity index (χ3v) is 3.45. The molecule has 19 heavy (non-hydrogen) atoms. The summed E-state index contributed by atoms with van der Waals surface area (Å²) in [6.07, 6.45) is 1.17. The largest absolute Gasteiger partial charge is 0.368 e. The van der Waals surface area contributed by atoms with Crippen LogP contribution in [0.3, 0.4) is 0 Å². The first-order valence-corrected chi connectivity index (χ1v) is 6.36. The maximum Gasteiger partial charge on any atom is 0.288 e. The lowest BCUT2D eigenvalue weighted by molar-refractivity contribution is -0.385. The Hall–Kier alpha value is -1.74. The van der Waals surface area contributed by atoms with Gasteiger partial charge in [-0.05, 0) is 15.9 Å². The average molecular weight is 330 g/mol. The molecule has 1 saturated heterocycles. The van der Waals surface area contributed by atoms with E-state index in [-0.39, 0.29) is 5.69 Å². The van der Waals surface area contributed by atoms with E-state index >= 15 is 0 Å². The van der Waals surface area contributed by atoms with Gasteiger partial charge in [0.05, 0.1) is 9.40 Å². The number of nitro groups is 1. The Morgan fingerprint density at radius 2 is 2.42 bits per heavy atom. The van der Waals surface area contributed by atoms with Crippen molar-refractivity contribution in [3.05, 3.63) is 26.9 Å². The summed E-state index contributed by atoms with van der Waals surface area (Å²) >= 11 is 3.25. The van der Waals surface area contributed by atoms with Crippen LogP contribution in [0, 0.1) is 10.1 Å². The van der Waals surface area contributed by atoms with Crippen LogP contribution in [0.25, 0.3) is 0 Å². The fraction of sp³-hybridized carbons (Fsp3) is 0.400. The van der Waals surface area contributed by atoms with Crippen molar-refractivity contribution in [2.75, 3.05) is 24.5 Å². The number of amides is 1. The molecule has 0 aliphatic carbocycles. The smallest absolute Gasteiger partial charge is 0.288 e. The fourth-order valence-corrected chi connectivity index (χ4v) is 2.51. The zero-order valence-electron chi connectivity index (χ0n) is 9.88. The first-order valence-electron chi connectivity index (χ1n) is 5.57. The van der Waals surface area contributed by atoms with E-state index in [4.69, 9.17) is 5.73 Å². The van der Waals surface area contributed by atoms with Crippen molar-refractivity contribution in [1.82, 2.24) is 10.3 Å². The zero-order valence-corrected chi connectivity index (χ0v) is 11.5. The van der Waals surface area contributed by atoms with Gasteiger partial charge in [0, 0.05) is 25.7 Å². The van der Waals surface area contributed by atoms with E-state index in [1.807, 2.05) is 0 Å². The monoisotopic (exact) mass is 329 g/mol. The number of nitrogens with one attached hydrogen (secondary N) is 1. The quantitative estimate of drug-likeness (QED) is 0.596. The van der Waals surface area contributed by atoms with E-state index < -0.39 is 16.9 Å². The maximum absolute atomic E-state index is 11.4. The summed E-state index contributed by atoms with van der Waals surface area (Å²) in [6, 6.07) is 0.849. The molecule has 0 spiro atoms. The molecule has 1 fully saturated rings. The van der Waals surface area contributed by atoms with E-state index in [1.54, 1.807) is 4.90 Å². The number of aromatic nitrogens is 1. The van der Waals surface area contributed by atoms with Gasteiger partial charge < -0.3 is 16.0 Å². The Morgan fingerprint density at radius 3 is 3.00 bits per heavy atom. The highest BCUT2D eigenvalue weighted by molar-refractivity contribution is 9.10. The highest BCUT2D eigenvalue weighted by Gasteiger charge is 2.29. The molecular weight excluding hydrogens is 318 g/mol. The van der Waals surface area contributed by atoms with Crippen molar-refractivity contribution in [2.24, 2.45) is 5.73 Å². The molecule has 1 aliphatic heterocycles. The summed E-state index contributed by atoms with van der Waals surface area (Å²) < 4.78 is 0.467. The third kappa shape index (κ3) is 2.82. The molecule has 0 saturated carbocycles. The van der Waals surface area contributed by atoms with Crippen LogP contribution in [0.1, 0.15) is 0 Å². The number of nitrogens with two attached hydrogens (primary N) is 1. The van der Waals surface area contributed by atoms with E-state index in [1.165, 1.54) is 12.3 Å². The molecule has 1 unspecified atom stereocenters. The number of nitrogens with zero attached hydrogens (tertiary/aromatic N) is 3. The first kappa shape index (κ1) is 13.7. The minimum absolute atomic E-state index is 0.110. The van der Waals surface area contributed by atoms with Gasteiger partial charge in [-0.1, -0.05) is 0 Å². The molecule has 0 radical (unpaired) electrons. The second-order valence-corrected chi connectivity index (χ2v) is 4.93. The third-order valence-electron chi connectivity index (χ3n) is 2.86. The van der Waals surface area contributed by atoms with Crippen molar-refractivity contribution in [2.45, 2.75) is 6.04 Å². The predicted molar refractivity (Wildman–Crippen MR) is 71.8 cm³/mol. The van der Waals surface area contributed by atoms with Crippen molar-refractivity contribution in [3.8, 4) is 0 Å². The summed E-state index contributed by atoms with van der Waals surface area (Å²) in [5.41, 5.74) is 5.24.